The van der Waals surface area contributed by atoms with E-state index in [-0.39, 0.29) is 11.9 Å². The Balaban J connectivity index is 2.53. The topological polar surface area (TPSA) is 69.6 Å². The van der Waals surface area contributed by atoms with Crippen LogP contribution in [-0.2, 0) is 9.59 Å². The molecule has 5 heteroatoms. The van der Waals surface area contributed by atoms with Crippen LogP contribution in [0.3, 0.4) is 0 Å². The molecule has 1 saturated heterocycles. The van der Waals surface area contributed by atoms with Crippen LogP contribution < -0.4 is 5.32 Å². The molecule has 20 heavy (non-hydrogen) atoms. The molecular formula is C15H28N2O3. The average Bonchev–Trinajstić information content (AvgIpc) is 2.87. The summed E-state index contributed by atoms with van der Waals surface area (Å²) in [5.74, 6) is -1.11. The highest BCUT2D eigenvalue weighted by atomic mass is 16.4. The molecule has 2 unspecified atom stereocenters. The van der Waals surface area contributed by atoms with E-state index in [1.54, 1.807) is 0 Å². The zero-order chi connectivity index (χ0) is 15.0. The van der Waals surface area contributed by atoms with Crippen LogP contribution in [0.25, 0.3) is 0 Å². The number of hydrogen-bond donors (Lipinski definition) is 2. The summed E-state index contributed by atoms with van der Waals surface area (Å²) >= 11 is 0. The Morgan fingerprint density at radius 1 is 1.20 bits per heavy atom. The van der Waals surface area contributed by atoms with Gasteiger partial charge in [-0.1, -0.05) is 26.7 Å². The Morgan fingerprint density at radius 2 is 1.80 bits per heavy atom. The van der Waals surface area contributed by atoms with Crippen LogP contribution in [0.1, 0.15) is 52.4 Å². The number of carboxylic acid groups (broad SMARTS) is 1. The van der Waals surface area contributed by atoms with Crippen LogP contribution in [-0.4, -0.2) is 47.6 Å². The number of nitrogens with zero attached hydrogens (tertiary/aromatic N) is 1. The molecule has 1 fully saturated rings. The first-order chi connectivity index (χ1) is 9.60. The SMILES string of the molecule is CCCCN(CCCC)C(=O)CC1NCCC1C(=O)O. The van der Waals surface area contributed by atoms with Gasteiger partial charge in [0.15, 0.2) is 0 Å². The normalized spacial score (nSPS) is 21.9. The summed E-state index contributed by atoms with van der Waals surface area (Å²) in [7, 11) is 0. The van der Waals surface area contributed by atoms with Crippen molar-refractivity contribution in [1.29, 1.82) is 0 Å². The van der Waals surface area contributed by atoms with Gasteiger partial charge in [-0.15, -0.1) is 0 Å². The highest BCUT2D eigenvalue weighted by Gasteiger charge is 2.34. The summed E-state index contributed by atoms with van der Waals surface area (Å²) in [5, 5.41) is 12.3. The monoisotopic (exact) mass is 284 g/mol. The number of carbonyl (C=O) groups excluding carboxylic acids is 1. The Hall–Kier alpha value is -1.10. The van der Waals surface area contributed by atoms with Gasteiger partial charge < -0.3 is 15.3 Å². The molecule has 0 radical (unpaired) electrons. The maximum Gasteiger partial charge on any atom is 0.308 e. The van der Waals surface area contributed by atoms with Crippen LogP contribution >= 0.6 is 0 Å². The van der Waals surface area contributed by atoms with Crippen molar-refractivity contribution in [2.75, 3.05) is 19.6 Å². The molecule has 0 aromatic carbocycles. The highest BCUT2D eigenvalue weighted by Crippen LogP contribution is 2.19. The Bertz CT molecular complexity index is 312. The fourth-order valence-electron chi connectivity index (χ4n) is 2.65. The van der Waals surface area contributed by atoms with Crippen molar-refractivity contribution in [1.82, 2.24) is 10.2 Å². The van der Waals surface area contributed by atoms with Crippen LogP contribution in [0.15, 0.2) is 0 Å². The summed E-state index contributed by atoms with van der Waals surface area (Å²) in [6.45, 7) is 6.50. The Kier molecular flexibility index (Phi) is 7.59. The van der Waals surface area contributed by atoms with Gasteiger partial charge in [0.2, 0.25) is 5.91 Å². The van der Waals surface area contributed by atoms with Gasteiger partial charge in [0.1, 0.15) is 0 Å². The highest BCUT2D eigenvalue weighted by molar-refractivity contribution is 5.79. The predicted molar refractivity (Wildman–Crippen MR) is 78.5 cm³/mol. The van der Waals surface area contributed by atoms with E-state index in [0.717, 1.165) is 38.8 Å². The van der Waals surface area contributed by atoms with Crippen molar-refractivity contribution in [3.8, 4) is 0 Å². The zero-order valence-corrected chi connectivity index (χ0v) is 12.7. The lowest BCUT2D eigenvalue weighted by Gasteiger charge is -2.25. The number of nitrogens with one attached hydrogen (secondary N) is 1. The van der Waals surface area contributed by atoms with Crippen LogP contribution in [0, 0.1) is 5.92 Å². The number of hydrogen-bond acceptors (Lipinski definition) is 3. The third-order valence-corrected chi connectivity index (χ3v) is 3.98. The first kappa shape index (κ1) is 17.0. The number of carboxylic acids is 1. The Morgan fingerprint density at radius 3 is 2.30 bits per heavy atom. The second-order valence-electron chi connectivity index (χ2n) is 5.59. The molecule has 116 valence electrons. The predicted octanol–water partition coefficient (Wildman–Crippen LogP) is 1.87. The first-order valence-electron chi connectivity index (χ1n) is 7.84. The quantitative estimate of drug-likeness (QED) is 0.678. The molecule has 1 heterocycles. The maximum absolute atomic E-state index is 12.4. The summed E-state index contributed by atoms with van der Waals surface area (Å²) in [5.41, 5.74) is 0. The number of aliphatic carboxylic acids is 1. The molecule has 2 N–H and O–H groups in total. The largest absolute Gasteiger partial charge is 0.481 e. The molecule has 1 amide bonds. The smallest absolute Gasteiger partial charge is 0.308 e. The Labute approximate surface area is 121 Å². The van der Waals surface area contributed by atoms with E-state index in [0.29, 0.717) is 19.4 Å². The maximum atomic E-state index is 12.4. The van der Waals surface area contributed by atoms with Gasteiger partial charge in [-0.2, -0.15) is 0 Å². The molecule has 0 aromatic heterocycles. The minimum Gasteiger partial charge on any atom is -0.481 e. The molecular weight excluding hydrogens is 256 g/mol. The number of amides is 1. The van der Waals surface area contributed by atoms with Crippen LogP contribution in [0.5, 0.6) is 0 Å². The van der Waals surface area contributed by atoms with Gasteiger partial charge in [0.25, 0.3) is 0 Å². The van der Waals surface area contributed by atoms with E-state index >= 15 is 0 Å². The molecule has 2 atom stereocenters. The lowest BCUT2D eigenvalue weighted by Crippen LogP contribution is -2.40. The lowest BCUT2D eigenvalue weighted by molar-refractivity contribution is -0.142. The first-order valence-corrected chi connectivity index (χ1v) is 7.84. The van der Waals surface area contributed by atoms with E-state index < -0.39 is 11.9 Å². The van der Waals surface area contributed by atoms with Crippen molar-refractivity contribution >= 4 is 11.9 Å². The fourth-order valence-corrected chi connectivity index (χ4v) is 2.65. The van der Waals surface area contributed by atoms with Crippen molar-refractivity contribution in [2.45, 2.75) is 58.4 Å². The van der Waals surface area contributed by atoms with Crippen LogP contribution in [0.2, 0.25) is 0 Å². The van der Waals surface area contributed by atoms with E-state index in [1.807, 2.05) is 4.90 Å². The average molecular weight is 284 g/mol. The number of unbranched alkanes of at least 4 members (excludes halogenated alkanes) is 2. The van der Waals surface area contributed by atoms with Gasteiger partial charge in [-0.05, 0) is 25.8 Å². The van der Waals surface area contributed by atoms with Crippen molar-refractivity contribution in [2.24, 2.45) is 5.92 Å². The summed E-state index contributed by atoms with van der Waals surface area (Å²) in [6.07, 6.45) is 5.08. The summed E-state index contributed by atoms with van der Waals surface area (Å²) in [6, 6.07) is -0.203. The van der Waals surface area contributed by atoms with E-state index in [2.05, 4.69) is 19.2 Å². The van der Waals surface area contributed by atoms with Gasteiger partial charge in [-0.3, -0.25) is 9.59 Å². The van der Waals surface area contributed by atoms with E-state index in [1.165, 1.54) is 0 Å². The minimum absolute atomic E-state index is 0.0950. The second kappa shape index (κ2) is 8.95. The van der Waals surface area contributed by atoms with Gasteiger partial charge in [0.05, 0.1) is 5.92 Å². The summed E-state index contributed by atoms with van der Waals surface area (Å²) < 4.78 is 0. The minimum atomic E-state index is -0.790. The molecule has 0 aromatic rings. The van der Waals surface area contributed by atoms with Crippen molar-refractivity contribution < 1.29 is 14.7 Å². The molecule has 1 aliphatic rings. The van der Waals surface area contributed by atoms with Crippen molar-refractivity contribution in [3.05, 3.63) is 0 Å². The molecule has 0 aliphatic carbocycles. The van der Waals surface area contributed by atoms with Gasteiger partial charge >= 0.3 is 5.97 Å². The standard InChI is InChI=1S/C15H28N2O3/c1-3-5-9-17(10-6-4-2)14(18)11-13-12(15(19)20)7-8-16-13/h12-13,16H,3-11H2,1-2H3,(H,19,20). The second-order valence-corrected chi connectivity index (χ2v) is 5.59. The lowest BCUT2D eigenvalue weighted by atomic mass is 9.97. The van der Waals surface area contributed by atoms with Crippen LogP contribution in [0.4, 0.5) is 0 Å². The fraction of sp³-hybridized carbons (Fsp3) is 0.867. The number of rotatable bonds is 9. The van der Waals surface area contributed by atoms with Gasteiger partial charge in [0, 0.05) is 25.6 Å². The zero-order valence-electron chi connectivity index (χ0n) is 12.7. The van der Waals surface area contributed by atoms with E-state index in [9.17, 15) is 9.59 Å². The molecule has 5 nitrogen and oxygen atoms in total. The molecule has 1 rings (SSSR count). The molecule has 0 spiro atoms. The molecule has 1 aliphatic heterocycles. The van der Waals surface area contributed by atoms with Crippen molar-refractivity contribution in [3.63, 3.8) is 0 Å². The number of carbonyl (C=O) groups is 2. The summed E-state index contributed by atoms with van der Waals surface area (Å²) in [4.78, 5) is 25.4. The van der Waals surface area contributed by atoms with E-state index in [4.69, 9.17) is 5.11 Å². The third-order valence-electron chi connectivity index (χ3n) is 3.98. The molecule has 0 saturated carbocycles. The molecule has 0 bridgehead atoms. The third kappa shape index (κ3) is 5.12. The van der Waals surface area contributed by atoms with Gasteiger partial charge in [-0.25, -0.2) is 0 Å².